The standard InChI is InChI=1S/C7H3ClF2O2.Na/c8-4-1-3(9)2-5(10)6(4)7(11)12;/h1-2H,(H,11,12);/q;+1/p-1. The second-order valence-corrected chi connectivity index (χ2v) is 2.44. The predicted octanol–water partition coefficient (Wildman–Crippen LogP) is -2.01. The van der Waals surface area contributed by atoms with Crippen LogP contribution < -0.4 is 34.7 Å². The van der Waals surface area contributed by atoms with E-state index >= 15 is 0 Å². The van der Waals surface area contributed by atoms with E-state index in [2.05, 4.69) is 0 Å². The van der Waals surface area contributed by atoms with Crippen LogP contribution >= 0.6 is 11.6 Å². The zero-order valence-electron chi connectivity index (χ0n) is 6.61. The average Bonchev–Trinajstić information content (AvgIpc) is 1.82. The molecule has 0 aliphatic carbocycles. The van der Waals surface area contributed by atoms with Crippen molar-refractivity contribution < 1.29 is 48.2 Å². The van der Waals surface area contributed by atoms with Crippen LogP contribution in [0, 0.1) is 11.6 Å². The summed E-state index contributed by atoms with van der Waals surface area (Å²) in [5.74, 6) is -3.93. The van der Waals surface area contributed by atoms with Crippen molar-refractivity contribution >= 4 is 17.6 Å². The number of hydrogen-bond donors (Lipinski definition) is 0. The van der Waals surface area contributed by atoms with Gasteiger partial charge in [-0.15, -0.1) is 0 Å². The molecule has 2 nitrogen and oxygen atoms in total. The zero-order chi connectivity index (χ0) is 9.30. The number of carboxylic acids is 1. The summed E-state index contributed by atoms with van der Waals surface area (Å²) in [6.45, 7) is 0. The molecule has 0 spiro atoms. The van der Waals surface area contributed by atoms with E-state index in [4.69, 9.17) is 11.6 Å². The van der Waals surface area contributed by atoms with Gasteiger partial charge in [0.25, 0.3) is 0 Å². The molecule has 0 bridgehead atoms. The van der Waals surface area contributed by atoms with E-state index in [1.165, 1.54) is 0 Å². The fourth-order valence-electron chi connectivity index (χ4n) is 0.737. The van der Waals surface area contributed by atoms with Crippen LogP contribution in [0.4, 0.5) is 8.78 Å². The van der Waals surface area contributed by atoms with Crippen LogP contribution in [-0.4, -0.2) is 5.97 Å². The molecule has 0 aliphatic heterocycles. The third kappa shape index (κ3) is 2.91. The molecule has 0 heterocycles. The monoisotopic (exact) mass is 214 g/mol. The van der Waals surface area contributed by atoms with Crippen LogP contribution in [0.2, 0.25) is 5.02 Å². The van der Waals surface area contributed by atoms with E-state index in [-0.39, 0.29) is 29.6 Å². The maximum atomic E-state index is 12.6. The van der Waals surface area contributed by atoms with Gasteiger partial charge in [-0.25, -0.2) is 8.78 Å². The maximum absolute atomic E-state index is 12.6. The molecule has 0 unspecified atom stereocenters. The molecule has 0 radical (unpaired) electrons. The van der Waals surface area contributed by atoms with Gasteiger partial charge in [-0.3, -0.25) is 0 Å². The predicted molar refractivity (Wildman–Crippen MR) is 35.7 cm³/mol. The van der Waals surface area contributed by atoms with Crippen LogP contribution in [0.5, 0.6) is 0 Å². The van der Waals surface area contributed by atoms with Crippen molar-refractivity contribution in [1.29, 1.82) is 0 Å². The Morgan fingerprint density at radius 2 is 1.92 bits per heavy atom. The molecule has 0 fully saturated rings. The van der Waals surface area contributed by atoms with E-state index < -0.39 is 28.2 Å². The van der Waals surface area contributed by atoms with Crippen molar-refractivity contribution in [3.63, 3.8) is 0 Å². The molecule has 0 amide bonds. The number of hydrogen-bond acceptors (Lipinski definition) is 2. The minimum absolute atomic E-state index is 0. The van der Waals surface area contributed by atoms with E-state index in [0.29, 0.717) is 12.1 Å². The van der Waals surface area contributed by atoms with Crippen molar-refractivity contribution in [1.82, 2.24) is 0 Å². The molecule has 0 N–H and O–H groups in total. The van der Waals surface area contributed by atoms with Gasteiger partial charge >= 0.3 is 29.6 Å². The van der Waals surface area contributed by atoms with E-state index in [9.17, 15) is 18.7 Å². The Hall–Kier alpha value is -0.160. The first-order chi connectivity index (χ1) is 5.52. The van der Waals surface area contributed by atoms with Crippen molar-refractivity contribution in [2.24, 2.45) is 0 Å². The Morgan fingerprint density at radius 3 is 2.31 bits per heavy atom. The fourth-order valence-corrected chi connectivity index (χ4v) is 1.01. The molecule has 0 atom stereocenters. The SMILES string of the molecule is O=C([O-])c1c(F)cc(F)cc1Cl.[Na+]. The van der Waals surface area contributed by atoms with Crippen LogP contribution in [0.1, 0.15) is 10.4 Å². The Morgan fingerprint density at radius 1 is 1.38 bits per heavy atom. The second-order valence-electron chi connectivity index (χ2n) is 2.03. The van der Waals surface area contributed by atoms with Gasteiger partial charge in [-0.05, 0) is 6.07 Å². The number of rotatable bonds is 1. The van der Waals surface area contributed by atoms with E-state index in [1.54, 1.807) is 0 Å². The first-order valence-corrected chi connectivity index (χ1v) is 3.26. The summed E-state index contributed by atoms with van der Waals surface area (Å²) < 4.78 is 25.0. The van der Waals surface area contributed by atoms with Crippen molar-refractivity contribution in [3.8, 4) is 0 Å². The number of halogens is 3. The van der Waals surface area contributed by atoms with Gasteiger partial charge in [0.15, 0.2) is 0 Å². The summed E-state index contributed by atoms with van der Waals surface area (Å²) in [5, 5.41) is 9.69. The summed E-state index contributed by atoms with van der Waals surface area (Å²) in [7, 11) is 0. The molecule has 1 rings (SSSR count). The van der Waals surface area contributed by atoms with Crippen molar-refractivity contribution in [3.05, 3.63) is 34.4 Å². The molecule has 1 aromatic carbocycles. The van der Waals surface area contributed by atoms with Crippen LogP contribution in [-0.2, 0) is 0 Å². The summed E-state index contributed by atoms with van der Waals surface area (Å²) in [5.41, 5.74) is -0.821. The molecule has 0 saturated heterocycles. The number of benzene rings is 1. The van der Waals surface area contributed by atoms with Gasteiger partial charge in [-0.1, -0.05) is 11.6 Å². The molecule has 6 heteroatoms. The smallest absolute Gasteiger partial charge is 0.545 e. The first kappa shape index (κ1) is 12.8. The zero-order valence-corrected chi connectivity index (χ0v) is 9.36. The summed E-state index contributed by atoms with van der Waals surface area (Å²) in [4.78, 5) is 10.2. The van der Waals surface area contributed by atoms with Gasteiger partial charge in [0.05, 0.1) is 16.6 Å². The number of carboxylic acid groups (broad SMARTS) is 1. The fraction of sp³-hybridized carbons (Fsp3) is 0. The van der Waals surface area contributed by atoms with Gasteiger partial charge in [0, 0.05) is 6.07 Å². The normalized spacial score (nSPS) is 9.15. The maximum Gasteiger partial charge on any atom is 1.00 e. The van der Waals surface area contributed by atoms with E-state index in [1.807, 2.05) is 0 Å². The Bertz CT molecular complexity index is 320. The molecule has 1 aromatic rings. The minimum Gasteiger partial charge on any atom is -0.545 e. The second kappa shape index (κ2) is 4.91. The third-order valence-corrected chi connectivity index (χ3v) is 1.51. The molecule has 0 saturated carbocycles. The number of aromatic carboxylic acids is 1. The molecule has 0 aromatic heterocycles. The largest absolute Gasteiger partial charge is 1.00 e. The van der Waals surface area contributed by atoms with Crippen molar-refractivity contribution in [2.75, 3.05) is 0 Å². The Balaban J connectivity index is 0.00000144. The topological polar surface area (TPSA) is 40.1 Å². The first-order valence-electron chi connectivity index (χ1n) is 2.88. The van der Waals surface area contributed by atoms with Gasteiger partial charge in [0.2, 0.25) is 0 Å². The summed E-state index contributed by atoms with van der Waals surface area (Å²) in [6.07, 6.45) is 0. The average molecular weight is 215 g/mol. The Kier molecular flexibility index (Phi) is 4.85. The van der Waals surface area contributed by atoms with Gasteiger partial charge in [-0.2, -0.15) is 0 Å². The minimum atomic E-state index is -1.77. The number of carbonyl (C=O) groups excluding carboxylic acids is 1. The van der Waals surface area contributed by atoms with Gasteiger partial charge in [0.1, 0.15) is 11.6 Å². The third-order valence-electron chi connectivity index (χ3n) is 1.21. The van der Waals surface area contributed by atoms with Gasteiger partial charge < -0.3 is 9.90 Å². The molecular formula is C7H2ClF2NaO2. The molecule has 0 aliphatic rings. The summed E-state index contributed by atoms with van der Waals surface area (Å²) in [6, 6.07) is 1.13. The molecular weight excluding hydrogens is 213 g/mol. The van der Waals surface area contributed by atoms with Crippen molar-refractivity contribution in [2.45, 2.75) is 0 Å². The Labute approximate surface area is 99.8 Å². The molecule has 13 heavy (non-hydrogen) atoms. The van der Waals surface area contributed by atoms with Crippen LogP contribution in [0.25, 0.3) is 0 Å². The van der Waals surface area contributed by atoms with E-state index in [0.717, 1.165) is 0 Å². The summed E-state index contributed by atoms with van der Waals surface area (Å²) >= 11 is 5.23. The number of carbonyl (C=O) groups is 1. The molecule has 64 valence electrons. The van der Waals surface area contributed by atoms with Crippen LogP contribution in [0.3, 0.4) is 0 Å². The van der Waals surface area contributed by atoms with Crippen LogP contribution in [0.15, 0.2) is 12.1 Å². The quantitative estimate of drug-likeness (QED) is 0.507.